The van der Waals surface area contributed by atoms with Crippen molar-refractivity contribution in [3.8, 4) is 16.9 Å². The van der Waals surface area contributed by atoms with Gasteiger partial charge in [-0.05, 0) is 23.8 Å². The molecule has 2 aromatic rings. The molecule has 0 fully saturated rings. The fourth-order valence-electron chi connectivity index (χ4n) is 1.61. The maximum atomic E-state index is 11.1. The molecule has 17 heavy (non-hydrogen) atoms. The van der Waals surface area contributed by atoms with Crippen LogP contribution >= 0.6 is 0 Å². The molecular weight excluding hydrogens is 236 g/mol. The standard InChI is InChI=1S/C13H11O3S/c1-16-11-6-4-5-10(9-11)12-7-2-3-8-13(12)17(14)15/h2-5,7-9,17H,1H3. The van der Waals surface area contributed by atoms with Gasteiger partial charge < -0.3 is 4.74 Å². The van der Waals surface area contributed by atoms with Crippen molar-refractivity contribution >= 4 is 10.7 Å². The van der Waals surface area contributed by atoms with E-state index in [9.17, 15) is 8.42 Å². The first-order chi connectivity index (χ1) is 8.22. The van der Waals surface area contributed by atoms with Crippen LogP contribution in [0.2, 0.25) is 0 Å². The third-order valence-electron chi connectivity index (χ3n) is 2.41. The van der Waals surface area contributed by atoms with Crippen molar-refractivity contribution in [1.82, 2.24) is 0 Å². The third kappa shape index (κ3) is 2.47. The minimum absolute atomic E-state index is 0.316. The molecule has 2 rings (SSSR count). The number of benzene rings is 2. The average molecular weight is 247 g/mol. The van der Waals surface area contributed by atoms with Crippen molar-refractivity contribution in [2.24, 2.45) is 0 Å². The van der Waals surface area contributed by atoms with Crippen molar-refractivity contribution in [3.63, 3.8) is 0 Å². The van der Waals surface area contributed by atoms with E-state index in [0.717, 1.165) is 5.56 Å². The molecule has 0 aliphatic carbocycles. The summed E-state index contributed by atoms with van der Waals surface area (Å²) in [6.07, 6.45) is 0. The zero-order valence-electron chi connectivity index (χ0n) is 9.21. The molecule has 0 saturated carbocycles. The second-order valence-electron chi connectivity index (χ2n) is 3.42. The fourth-order valence-corrected chi connectivity index (χ4v) is 2.22. The minimum Gasteiger partial charge on any atom is -0.496 e. The molecule has 2 aromatic carbocycles. The Bertz CT molecular complexity index is 595. The van der Waals surface area contributed by atoms with Crippen molar-refractivity contribution in [3.05, 3.63) is 48.5 Å². The van der Waals surface area contributed by atoms with Gasteiger partial charge in [-0.15, -0.1) is 0 Å². The van der Waals surface area contributed by atoms with Gasteiger partial charge in [-0.1, -0.05) is 24.3 Å². The zero-order valence-corrected chi connectivity index (χ0v) is 10.1. The summed E-state index contributed by atoms with van der Waals surface area (Å²) in [5.41, 5.74) is 1.48. The van der Waals surface area contributed by atoms with Crippen LogP contribution in [0.5, 0.6) is 5.75 Å². The highest BCUT2D eigenvalue weighted by Crippen LogP contribution is 2.27. The Kier molecular flexibility index (Phi) is 3.44. The molecule has 0 amide bonds. The van der Waals surface area contributed by atoms with Crippen LogP contribution in [-0.4, -0.2) is 15.5 Å². The highest BCUT2D eigenvalue weighted by Gasteiger charge is 2.07. The Labute approximate surface area is 102 Å². The lowest BCUT2D eigenvalue weighted by Crippen LogP contribution is -1.88. The number of hydrogen-bond acceptors (Lipinski definition) is 3. The molecule has 0 unspecified atom stereocenters. The first-order valence-electron chi connectivity index (χ1n) is 5.02. The summed E-state index contributed by atoms with van der Waals surface area (Å²) in [6, 6.07) is 15.1. The zero-order chi connectivity index (χ0) is 12.3. The molecule has 3 nitrogen and oxygen atoms in total. The lowest BCUT2D eigenvalue weighted by molar-refractivity contribution is 0.414. The molecule has 0 spiro atoms. The van der Waals surface area contributed by atoms with Crippen LogP contribution in [0.25, 0.3) is 11.1 Å². The van der Waals surface area contributed by atoms with E-state index in [1.807, 2.05) is 0 Å². The minimum atomic E-state index is -2.60. The molecular formula is C13H11O3S. The van der Waals surface area contributed by atoms with Crippen LogP contribution in [0.3, 0.4) is 0 Å². The molecule has 0 aliphatic rings. The summed E-state index contributed by atoms with van der Waals surface area (Å²) in [5, 5.41) is 0. The van der Waals surface area contributed by atoms with Gasteiger partial charge in [0.15, 0.2) is 10.7 Å². The van der Waals surface area contributed by atoms with Crippen molar-refractivity contribution in [1.29, 1.82) is 0 Å². The van der Waals surface area contributed by atoms with Crippen LogP contribution in [0.4, 0.5) is 0 Å². The van der Waals surface area contributed by atoms with Gasteiger partial charge in [-0.3, -0.25) is 0 Å². The van der Waals surface area contributed by atoms with Crippen LogP contribution < -0.4 is 4.74 Å². The highest BCUT2D eigenvalue weighted by molar-refractivity contribution is 7.72. The van der Waals surface area contributed by atoms with E-state index in [-0.39, 0.29) is 0 Å². The van der Waals surface area contributed by atoms with E-state index in [4.69, 9.17) is 4.74 Å². The summed E-state index contributed by atoms with van der Waals surface area (Å²) in [5.74, 6) is 0.582. The predicted octanol–water partition coefficient (Wildman–Crippen LogP) is 2.13. The Morgan fingerprint density at radius 1 is 1.18 bits per heavy atom. The third-order valence-corrected chi connectivity index (χ3v) is 3.19. The van der Waals surface area contributed by atoms with E-state index in [1.54, 1.807) is 49.6 Å². The number of rotatable bonds is 3. The van der Waals surface area contributed by atoms with Crippen LogP contribution in [0.15, 0.2) is 47.4 Å². The molecule has 87 valence electrons. The number of hydrogen-bond donors (Lipinski definition) is 1. The molecule has 0 N–H and O–H groups in total. The van der Waals surface area contributed by atoms with E-state index in [0.29, 0.717) is 16.2 Å². The van der Waals surface area contributed by atoms with Crippen LogP contribution in [0, 0.1) is 6.07 Å². The Morgan fingerprint density at radius 3 is 2.65 bits per heavy atom. The SMILES string of the molecule is COc1[c]ccc(-c2ccccc2[SH](=O)=O)c1. The molecule has 4 heteroatoms. The lowest BCUT2D eigenvalue weighted by Gasteiger charge is -2.06. The smallest absolute Gasteiger partial charge is 0.168 e. The van der Waals surface area contributed by atoms with Gasteiger partial charge in [0.1, 0.15) is 5.75 Å². The molecule has 0 aromatic heterocycles. The summed E-state index contributed by atoms with van der Waals surface area (Å²) in [6.45, 7) is 0. The van der Waals surface area contributed by atoms with Crippen molar-refractivity contribution in [2.75, 3.05) is 7.11 Å². The normalized spacial score (nSPS) is 10.5. The van der Waals surface area contributed by atoms with Gasteiger partial charge in [0, 0.05) is 11.6 Å². The van der Waals surface area contributed by atoms with Gasteiger partial charge in [-0.25, -0.2) is 8.42 Å². The first-order valence-corrected chi connectivity index (χ1v) is 6.19. The second kappa shape index (κ2) is 5.01. The predicted molar refractivity (Wildman–Crippen MR) is 65.8 cm³/mol. The average Bonchev–Trinajstić information content (AvgIpc) is 2.39. The van der Waals surface area contributed by atoms with Crippen LogP contribution in [-0.2, 0) is 10.7 Å². The molecule has 0 saturated heterocycles. The van der Waals surface area contributed by atoms with Crippen molar-refractivity contribution in [2.45, 2.75) is 4.90 Å². The van der Waals surface area contributed by atoms with E-state index in [2.05, 4.69) is 6.07 Å². The molecule has 0 aliphatic heterocycles. The number of thiol groups is 1. The quantitative estimate of drug-likeness (QED) is 0.845. The molecule has 0 heterocycles. The first kappa shape index (κ1) is 11.7. The van der Waals surface area contributed by atoms with E-state index < -0.39 is 10.7 Å². The van der Waals surface area contributed by atoms with Crippen molar-refractivity contribution < 1.29 is 13.2 Å². The van der Waals surface area contributed by atoms with Gasteiger partial charge in [0.2, 0.25) is 0 Å². The summed E-state index contributed by atoms with van der Waals surface area (Å²) in [7, 11) is -1.05. The van der Waals surface area contributed by atoms with E-state index >= 15 is 0 Å². The van der Waals surface area contributed by atoms with Gasteiger partial charge in [0.05, 0.1) is 12.0 Å². The highest BCUT2D eigenvalue weighted by atomic mass is 32.2. The summed E-state index contributed by atoms with van der Waals surface area (Å²) >= 11 is 0. The maximum Gasteiger partial charge on any atom is 0.168 e. The lowest BCUT2D eigenvalue weighted by atomic mass is 10.1. The van der Waals surface area contributed by atoms with Crippen LogP contribution in [0.1, 0.15) is 0 Å². The largest absolute Gasteiger partial charge is 0.496 e. The van der Waals surface area contributed by atoms with E-state index in [1.165, 1.54) is 0 Å². The summed E-state index contributed by atoms with van der Waals surface area (Å²) < 4.78 is 27.4. The monoisotopic (exact) mass is 247 g/mol. The Morgan fingerprint density at radius 2 is 1.94 bits per heavy atom. The number of methoxy groups -OCH3 is 1. The molecule has 1 radical (unpaired) electrons. The molecule has 0 bridgehead atoms. The fraction of sp³-hybridized carbons (Fsp3) is 0.0769. The molecule has 0 atom stereocenters. The summed E-state index contributed by atoms with van der Waals surface area (Å²) in [4.78, 5) is 0.316. The van der Waals surface area contributed by atoms with Gasteiger partial charge in [-0.2, -0.15) is 0 Å². The second-order valence-corrected chi connectivity index (χ2v) is 4.42. The Balaban J connectivity index is 2.59. The van der Waals surface area contributed by atoms with Gasteiger partial charge in [0.25, 0.3) is 0 Å². The number of ether oxygens (including phenoxy) is 1. The maximum absolute atomic E-state index is 11.1. The topological polar surface area (TPSA) is 43.4 Å². The Hall–Kier alpha value is -1.81. The van der Waals surface area contributed by atoms with Gasteiger partial charge >= 0.3 is 0 Å².